The van der Waals surface area contributed by atoms with Crippen molar-refractivity contribution in [1.29, 1.82) is 0 Å². The number of benzene rings is 1. The molecule has 0 aromatic heterocycles. The van der Waals surface area contributed by atoms with Crippen molar-refractivity contribution in [2.24, 2.45) is 5.92 Å². The molecule has 1 aromatic rings. The molecule has 7 nitrogen and oxygen atoms in total. The van der Waals surface area contributed by atoms with Crippen LogP contribution in [0.5, 0.6) is 0 Å². The maximum atomic E-state index is 12.7. The quantitative estimate of drug-likeness (QED) is 0.711. The lowest BCUT2D eigenvalue weighted by Crippen LogP contribution is -2.43. The van der Waals surface area contributed by atoms with Gasteiger partial charge in [0, 0.05) is 32.2 Å². The van der Waals surface area contributed by atoms with Gasteiger partial charge in [-0.1, -0.05) is 11.6 Å². The first-order valence-corrected chi connectivity index (χ1v) is 9.66. The van der Waals surface area contributed by atoms with Gasteiger partial charge in [-0.05, 0) is 37.1 Å². The average molecular weight is 389 g/mol. The lowest BCUT2D eigenvalue weighted by molar-refractivity contribution is -0.155. The van der Waals surface area contributed by atoms with Gasteiger partial charge in [0.25, 0.3) is 5.91 Å². The Balaban J connectivity index is 2.03. The highest BCUT2D eigenvalue weighted by Gasteiger charge is 2.34. The molecule has 0 saturated carbocycles. The maximum absolute atomic E-state index is 12.7. The highest BCUT2D eigenvalue weighted by Crippen LogP contribution is 2.25. The predicted octanol–water partition coefficient (Wildman–Crippen LogP) is 1.37. The first-order chi connectivity index (χ1) is 11.7. The smallest absolute Gasteiger partial charge is 0.310 e. The molecule has 1 heterocycles. The summed E-state index contributed by atoms with van der Waals surface area (Å²) >= 11 is 5.79. The van der Waals surface area contributed by atoms with Crippen molar-refractivity contribution < 1.29 is 22.7 Å². The number of likely N-dealkylation sites (N-methyl/N-ethyl adjacent to an activating group) is 1. The number of piperidine rings is 1. The van der Waals surface area contributed by atoms with Crippen LogP contribution in [0.4, 0.5) is 0 Å². The molecular formula is C16H21ClN2O5S. The molecule has 1 atom stereocenters. The summed E-state index contributed by atoms with van der Waals surface area (Å²) in [6, 6.07) is 5.90. The Morgan fingerprint density at radius 1 is 1.28 bits per heavy atom. The van der Waals surface area contributed by atoms with E-state index in [9.17, 15) is 18.0 Å². The van der Waals surface area contributed by atoms with Gasteiger partial charge in [-0.25, -0.2) is 8.42 Å². The predicted molar refractivity (Wildman–Crippen MR) is 92.6 cm³/mol. The molecule has 0 aliphatic carbocycles. The van der Waals surface area contributed by atoms with E-state index in [-0.39, 0.29) is 24.0 Å². The minimum absolute atomic E-state index is 0.0416. The van der Waals surface area contributed by atoms with Gasteiger partial charge in [0.05, 0.1) is 10.8 Å². The van der Waals surface area contributed by atoms with Crippen LogP contribution in [0.3, 0.4) is 0 Å². The molecule has 1 fully saturated rings. The van der Waals surface area contributed by atoms with E-state index in [1.165, 1.54) is 33.5 Å². The van der Waals surface area contributed by atoms with E-state index in [0.717, 1.165) is 0 Å². The minimum Gasteiger partial charge on any atom is -0.455 e. The summed E-state index contributed by atoms with van der Waals surface area (Å²) in [7, 11) is -0.565. The number of halogens is 1. The molecule has 1 saturated heterocycles. The van der Waals surface area contributed by atoms with Crippen LogP contribution in [0.1, 0.15) is 12.8 Å². The van der Waals surface area contributed by atoms with E-state index >= 15 is 0 Å². The zero-order valence-corrected chi connectivity index (χ0v) is 15.7. The van der Waals surface area contributed by atoms with Crippen molar-refractivity contribution in [2.45, 2.75) is 17.7 Å². The second kappa shape index (κ2) is 8.16. The van der Waals surface area contributed by atoms with Gasteiger partial charge in [-0.2, -0.15) is 4.31 Å². The van der Waals surface area contributed by atoms with E-state index in [0.29, 0.717) is 24.4 Å². The van der Waals surface area contributed by atoms with Gasteiger partial charge in [0.2, 0.25) is 10.0 Å². The maximum Gasteiger partial charge on any atom is 0.310 e. The standard InChI is InChI=1S/C16H21ClN2O5S/c1-18(2)15(20)11-24-16(21)12-4-3-9-19(10-12)25(22,23)14-7-5-13(17)6-8-14/h5-8,12H,3-4,9-11H2,1-2H3. The molecule has 0 spiro atoms. The topological polar surface area (TPSA) is 84.0 Å². The summed E-state index contributed by atoms with van der Waals surface area (Å²) in [5.74, 6) is -1.45. The molecule has 0 radical (unpaired) electrons. The zero-order chi connectivity index (χ0) is 18.6. The van der Waals surface area contributed by atoms with Crippen LogP contribution in [-0.2, 0) is 24.3 Å². The summed E-state index contributed by atoms with van der Waals surface area (Å²) < 4.78 is 31.7. The van der Waals surface area contributed by atoms with Crippen molar-refractivity contribution >= 4 is 33.5 Å². The highest BCUT2D eigenvalue weighted by molar-refractivity contribution is 7.89. The van der Waals surface area contributed by atoms with Crippen molar-refractivity contribution in [2.75, 3.05) is 33.8 Å². The zero-order valence-electron chi connectivity index (χ0n) is 14.1. The summed E-state index contributed by atoms with van der Waals surface area (Å²) in [6.45, 7) is 0.0393. The molecule has 1 aliphatic heterocycles. The number of carbonyl (C=O) groups is 2. The van der Waals surface area contributed by atoms with E-state index < -0.39 is 21.9 Å². The third-order valence-electron chi connectivity index (χ3n) is 4.01. The number of amides is 1. The van der Waals surface area contributed by atoms with E-state index in [2.05, 4.69) is 0 Å². The first-order valence-electron chi connectivity index (χ1n) is 7.84. The minimum atomic E-state index is -3.70. The van der Waals surface area contributed by atoms with Crippen molar-refractivity contribution in [3.05, 3.63) is 29.3 Å². The van der Waals surface area contributed by atoms with Crippen LogP contribution < -0.4 is 0 Å². The second-order valence-corrected chi connectivity index (χ2v) is 8.43. The molecule has 2 rings (SSSR count). The molecule has 1 aliphatic rings. The lowest BCUT2D eigenvalue weighted by Gasteiger charge is -2.30. The van der Waals surface area contributed by atoms with Crippen molar-refractivity contribution in [3.8, 4) is 0 Å². The molecule has 0 bridgehead atoms. The number of carbonyl (C=O) groups excluding carboxylic acids is 2. The van der Waals surface area contributed by atoms with Crippen LogP contribution >= 0.6 is 11.6 Å². The van der Waals surface area contributed by atoms with Gasteiger partial charge >= 0.3 is 5.97 Å². The number of nitrogens with zero attached hydrogens (tertiary/aromatic N) is 2. The molecular weight excluding hydrogens is 368 g/mol. The SMILES string of the molecule is CN(C)C(=O)COC(=O)C1CCCN(S(=O)(=O)c2ccc(Cl)cc2)C1. The summed E-state index contributed by atoms with van der Waals surface area (Å²) in [6.07, 6.45) is 1.08. The van der Waals surface area contributed by atoms with Crippen LogP contribution in [0, 0.1) is 5.92 Å². The number of hydrogen-bond acceptors (Lipinski definition) is 5. The molecule has 138 valence electrons. The van der Waals surface area contributed by atoms with Gasteiger partial charge in [0.1, 0.15) is 0 Å². The van der Waals surface area contributed by atoms with E-state index in [4.69, 9.17) is 16.3 Å². The Labute approximate surface area is 152 Å². The number of sulfonamides is 1. The Hall–Kier alpha value is -1.64. The number of hydrogen-bond donors (Lipinski definition) is 0. The second-order valence-electron chi connectivity index (χ2n) is 6.05. The lowest BCUT2D eigenvalue weighted by atomic mass is 10.00. The van der Waals surface area contributed by atoms with Crippen LogP contribution in [0.25, 0.3) is 0 Å². The summed E-state index contributed by atoms with van der Waals surface area (Å²) in [5.41, 5.74) is 0. The Kier molecular flexibility index (Phi) is 6.42. The van der Waals surface area contributed by atoms with Gasteiger partial charge in [-0.15, -0.1) is 0 Å². The first kappa shape index (κ1) is 19.7. The number of rotatable bonds is 5. The number of ether oxygens (including phenoxy) is 1. The molecule has 25 heavy (non-hydrogen) atoms. The Bertz CT molecular complexity index is 733. The van der Waals surface area contributed by atoms with Crippen molar-refractivity contribution in [3.63, 3.8) is 0 Å². The van der Waals surface area contributed by atoms with Crippen LogP contribution in [-0.4, -0.2) is 63.3 Å². The monoisotopic (exact) mass is 388 g/mol. The molecule has 0 N–H and O–H groups in total. The Morgan fingerprint density at radius 3 is 2.52 bits per heavy atom. The third-order valence-corrected chi connectivity index (χ3v) is 6.14. The fourth-order valence-corrected chi connectivity index (χ4v) is 4.14. The van der Waals surface area contributed by atoms with Crippen LogP contribution in [0.15, 0.2) is 29.2 Å². The summed E-state index contributed by atoms with van der Waals surface area (Å²) in [5, 5.41) is 0.449. The van der Waals surface area contributed by atoms with Gasteiger partial charge in [0.15, 0.2) is 6.61 Å². The molecule has 1 unspecified atom stereocenters. The average Bonchev–Trinajstić information content (AvgIpc) is 2.59. The molecule has 9 heteroatoms. The fourth-order valence-electron chi connectivity index (χ4n) is 2.49. The van der Waals surface area contributed by atoms with Crippen molar-refractivity contribution in [1.82, 2.24) is 9.21 Å². The third kappa shape index (κ3) is 4.93. The van der Waals surface area contributed by atoms with Gasteiger partial charge < -0.3 is 9.64 Å². The molecule has 1 amide bonds. The van der Waals surface area contributed by atoms with Gasteiger partial charge in [-0.3, -0.25) is 9.59 Å². The van der Waals surface area contributed by atoms with E-state index in [1.807, 2.05) is 0 Å². The number of esters is 1. The Morgan fingerprint density at radius 2 is 1.92 bits per heavy atom. The highest BCUT2D eigenvalue weighted by atomic mass is 35.5. The van der Waals surface area contributed by atoms with Crippen LogP contribution in [0.2, 0.25) is 5.02 Å². The van der Waals surface area contributed by atoms with E-state index in [1.54, 1.807) is 14.1 Å². The molecule has 1 aromatic carbocycles. The normalized spacial score (nSPS) is 18.6. The largest absolute Gasteiger partial charge is 0.455 e. The summed E-state index contributed by atoms with van der Waals surface area (Å²) in [4.78, 5) is 25.1. The fraction of sp³-hybridized carbons (Fsp3) is 0.500.